The molecule has 0 aliphatic heterocycles. The van der Waals surface area contributed by atoms with Gasteiger partial charge in [-0.1, -0.05) is 18.2 Å². The molecule has 4 nitrogen and oxygen atoms in total. The van der Waals surface area contributed by atoms with Crippen molar-refractivity contribution in [1.82, 2.24) is 14.6 Å². The first-order valence-electron chi connectivity index (χ1n) is 7.64. The molecule has 4 heteroatoms. The second kappa shape index (κ2) is 6.62. The summed E-state index contributed by atoms with van der Waals surface area (Å²) < 4.78 is 2.24. The van der Waals surface area contributed by atoms with Gasteiger partial charge in [0.1, 0.15) is 0 Å². The van der Waals surface area contributed by atoms with Gasteiger partial charge < -0.3 is 4.90 Å². The van der Waals surface area contributed by atoms with Gasteiger partial charge in [0.05, 0.1) is 11.2 Å². The average molecular weight is 294 g/mol. The third kappa shape index (κ3) is 3.12. The molecule has 0 bridgehead atoms. The van der Waals surface area contributed by atoms with Crippen molar-refractivity contribution < 1.29 is 0 Å². The van der Waals surface area contributed by atoms with Gasteiger partial charge in [0, 0.05) is 30.5 Å². The summed E-state index contributed by atoms with van der Waals surface area (Å²) in [6, 6.07) is 14.8. The lowest BCUT2D eigenvalue weighted by Crippen LogP contribution is -2.31. The van der Waals surface area contributed by atoms with E-state index in [9.17, 15) is 0 Å². The van der Waals surface area contributed by atoms with Gasteiger partial charge in [-0.15, -0.1) is 0 Å². The van der Waals surface area contributed by atoms with Gasteiger partial charge >= 0.3 is 0 Å². The van der Waals surface area contributed by atoms with Crippen LogP contribution in [0.4, 0.5) is 5.69 Å². The van der Waals surface area contributed by atoms with Crippen molar-refractivity contribution in [3.63, 3.8) is 0 Å². The Morgan fingerprint density at radius 3 is 2.50 bits per heavy atom. The van der Waals surface area contributed by atoms with Gasteiger partial charge in [0.25, 0.3) is 0 Å². The number of pyridine rings is 1. The first-order valence-corrected chi connectivity index (χ1v) is 7.64. The SMILES string of the molecule is CN(C)CCCN(c1ccncc1)n1ccc2ccccc21. The van der Waals surface area contributed by atoms with E-state index in [1.165, 1.54) is 10.9 Å². The zero-order chi connectivity index (χ0) is 15.4. The predicted molar refractivity (Wildman–Crippen MR) is 92.1 cm³/mol. The number of para-hydroxylation sites is 1. The number of fused-ring (bicyclic) bond motifs is 1. The fraction of sp³-hybridized carbons (Fsp3) is 0.278. The molecule has 2 heterocycles. The highest BCUT2D eigenvalue weighted by Crippen LogP contribution is 2.21. The summed E-state index contributed by atoms with van der Waals surface area (Å²) in [6.07, 6.45) is 6.93. The standard InChI is InChI=1S/C18H22N4/c1-20(2)13-5-14-21(17-8-11-19-12-9-17)22-15-10-16-6-3-4-7-18(16)22/h3-4,6-12,15H,5,13-14H2,1-2H3. The van der Waals surface area contributed by atoms with Crippen molar-refractivity contribution in [2.45, 2.75) is 6.42 Å². The maximum atomic E-state index is 4.14. The van der Waals surface area contributed by atoms with Gasteiger partial charge in [-0.25, -0.2) is 0 Å². The third-order valence-corrected chi connectivity index (χ3v) is 3.77. The van der Waals surface area contributed by atoms with Crippen molar-refractivity contribution in [2.75, 3.05) is 32.2 Å². The second-order valence-corrected chi connectivity index (χ2v) is 5.70. The topological polar surface area (TPSA) is 24.3 Å². The lowest BCUT2D eigenvalue weighted by atomic mass is 10.2. The molecule has 0 saturated heterocycles. The van der Waals surface area contributed by atoms with Gasteiger partial charge in [0.2, 0.25) is 0 Å². The largest absolute Gasteiger partial charge is 0.309 e. The Labute approximate surface area is 131 Å². The van der Waals surface area contributed by atoms with E-state index in [1.807, 2.05) is 12.4 Å². The van der Waals surface area contributed by atoms with Crippen LogP contribution in [0.2, 0.25) is 0 Å². The fourth-order valence-electron chi connectivity index (χ4n) is 2.69. The molecule has 3 rings (SSSR count). The molecule has 0 radical (unpaired) electrons. The number of rotatable bonds is 6. The molecule has 22 heavy (non-hydrogen) atoms. The summed E-state index contributed by atoms with van der Waals surface area (Å²) in [6.45, 7) is 2.03. The van der Waals surface area contributed by atoms with Crippen LogP contribution in [0, 0.1) is 0 Å². The summed E-state index contributed by atoms with van der Waals surface area (Å²) >= 11 is 0. The summed E-state index contributed by atoms with van der Waals surface area (Å²) in [7, 11) is 4.23. The summed E-state index contributed by atoms with van der Waals surface area (Å²) in [5.41, 5.74) is 2.39. The Morgan fingerprint density at radius 1 is 0.955 bits per heavy atom. The van der Waals surface area contributed by atoms with Crippen molar-refractivity contribution in [3.05, 3.63) is 61.1 Å². The highest BCUT2D eigenvalue weighted by atomic mass is 15.5. The lowest BCUT2D eigenvalue weighted by molar-refractivity contribution is 0.398. The lowest BCUT2D eigenvalue weighted by Gasteiger charge is -2.27. The Bertz CT molecular complexity index is 718. The molecule has 0 fully saturated rings. The maximum absolute atomic E-state index is 4.14. The van der Waals surface area contributed by atoms with E-state index in [0.717, 1.165) is 25.2 Å². The van der Waals surface area contributed by atoms with Crippen molar-refractivity contribution >= 4 is 16.6 Å². The highest BCUT2D eigenvalue weighted by molar-refractivity contribution is 5.80. The molecule has 0 atom stereocenters. The molecular formula is C18H22N4. The molecule has 0 unspecified atom stereocenters. The van der Waals surface area contributed by atoms with Crippen molar-refractivity contribution in [3.8, 4) is 0 Å². The Hall–Kier alpha value is -2.33. The summed E-state index contributed by atoms with van der Waals surface area (Å²) in [5.74, 6) is 0. The minimum atomic E-state index is 0.959. The van der Waals surface area contributed by atoms with Gasteiger partial charge in [-0.05, 0) is 51.3 Å². The second-order valence-electron chi connectivity index (χ2n) is 5.70. The van der Waals surface area contributed by atoms with Crippen LogP contribution in [-0.2, 0) is 0 Å². The van der Waals surface area contributed by atoms with Crippen molar-refractivity contribution in [1.29, 1.82) is 0 Å². The van der Waals surface area contributed by atoms with Gasteiger partial charge in [-0.2, -0.15) is 0 Å². The van der Waals surface area contributed by atoms with Crippen LogP contribution in [0.25, 0.3) is 10.9 Å². The van der Waals surface area contributed by atoms with Crippen LogP contribution in [0.15, 0.2) is 61.1 Å². The van der Waals surface area contributed by atoms with Crippen LogP contribution < -0.4 is 5.01 Å². The minimum absolute atomic E-state index is 0.959. The first kappa shape index (κ1) is 14.6. The van der Waals surface area contributed by atoms with Crippen molar-refractivity contribution in [2.24, 2.45) is 0 Å². The Morgan fingerprint density at radius 2 is 1.73 bits per heavy atom. The minimum Gasteiger partial charge on any atom is -0.309 e. The number of benzene rings is 1. The van der Waals surface area contributed by atoms with Gasteiger partial charge in [0.15, 0.2) is 0 Å². The van der Waals surface area contributed by atoms with E-state index in [2.05, 4.69) is 82.3 Å². The number of anilines is 1. The number of nitrogens with zero attached hydrogens (tertiary/aromatic N) is 4. The molecule has 114 valence electrons. The summed E-state index contributed by atoms with van der Waals surface area (Å²) in [4.78, 5) is 6.36. The smallest absolute Gasteiger partial charge is 0.0698 e. The Kier molecular flexibility index (Phi) is 4.39. The molecule has 0 aliphatic carbocycles. The maximum Gasteiger partial charge on any atom is 0.0698 e. The van der Waals surface area contributed by atoms with E-state index >= 15 is 0 Å². The molecule has 0 aliphatic rings. The highest BCUT2D eigenvalue weighted by Gasteiger charge is 2.11. The number of hydrogen-bond acceptors (Lipinski definition) is 3. The van der Waals surface area contributed by atoms with E-state index in [-0.39, 0.29) is 0 Å². The van der Waals surface area contributed by atoms with Crippen LogP contribution in [0.1, 0.15) is 6.42 Å². The van der Waals surface area contributed by atoms with E-state index < -0.39 is 0 Å². The van der Waals surface area contributed by atoms with Crippen LogP contribution >= 0.6 is 0 Å². The molecule has 1 aromatic carbocycles. The van der Waals surface area contributed by atoms with E-state index in [1.54, 1.807) is 0 Å². The monoisotopic (exact) mass is 294 g/mol. The van der Waals surface area contributed by atoms with Crippen LogP contribution in [-0.4, -0.2) is 41.7 Å². The normalized spacial score (nSPS) is 11.2. The first-order chi connectivity index (χ1) is 10.8. The molecule has 0 spiro atoms. The predicted octanol–water partition coefficient (Wildman–Crippen LogP) is 3.26. The fourth-order valence-corrected chi connectivity index (χ4v) is 2.69. The van der Waals surface area contributed by atoms with E-state index in [4.69, 9.17) is 0 Å². The Balaban J connectivity index is 1.94. The summed E-state index contributed by atoms with van der Waals surface area (Å²) in [5, 5.41) is 3.57. The molecular weight excluding hydrogens is 272 g/mol. The van der Waals surface area contributed by atoms with E-state index in [0.29, 0.717) is 0 Å². The molecule has 2 aromatic heterocycles. The van der Waals surface area contributed by atoms with Crippen LogP contribution in [0.3, 0.4) is 0 Å². The zero-order valence-corrected chi connectivity index (χ0v) is 13.2. The number of hydrogen-bond donors (Lipinski definition) is 0. The molecule has 0 N–H and O–H groups in total. The molecule has 0 saturated carbocycles. The average Bonchev–Trinajstić information content (AvgIpc) is 2.96. The molecule has 0 amide bonds. The zero-order valence-electron chi connectivity index (χ0n) is 13.2. The quantitative estimate of drug-likeness (QED) is 0.697. The van der Waals surface area contributed by atoms with Crippen LogP contribution in [0.5, 0.6) is 0 Å². The third-order valence-electron chi connectivity index (χ3n) is 3.77. The van der Waals surface area contributed by atoms with Gasteiger partial charge in [-0.3, -0.25) is 14.7 Å². The number of aromatic nitrogens is 2. The molecule has 3 aromatic rings.